The third-order valence-electron chi connectivity index (χ3n) is 3.74. The van der Waals surface area contributed by atoms with Crippen molar-refractivity contribution in [2.75, 3.05) is 14.2 Å². The number of hydrogen-bond acceptors (Lipinski definition) is 4. The van der Waals surface area contributed by atoms with Gasteiger partial charge in [0.1, 0.15) is 22.9 Å². The van der Waals surface area contributed by atoms with Gasteiger partial charge in [-0.15, -0.1) is 6.42 Å². The van der Waals surface area contributed by atoms with Crippen molar-refractivity contribution in [2.45, 2.75) is 6.54 Å². The number of amides is 1. The molecule has 0 saturated carbocycles. The molecule has 7 heteroatoms. The number of benzene rings is 2. The Morgan fingerprint density at radius 2 is 1.88 bits per heavy atom. The molecule has 0 spiro atoms. The van der Waals surface area contributed by atoms with Gasteiger partial charge >= 0.3 is 0 Å². The predicted octanol–water partition coefficient (Wildman–Crippen LogP) is 3.23. The van der Waals surface area contributed by atoms with Gasteiger partial charge in [-0.2, -0.15) is 4.99 Å². The van der Waals surface area contributed by atoms with Crippen LogP contribution in [0.3, 0.4) is 0 Å². The summed E-state index contributed by atoms with van der Waals surface area (Å²) in [7, 11) is 2.91. The summed E-state index contributed by atoms with van der Waals surface area (Å²) in [6.07, 6.45) is 5.41. The molecule has 1 heterocycles. The van der Waals surface area contributed by atoms with Crippen LogP contribution in [0.5, 0.6) is 11.5 Å². The minimum absolute atomic E-state index is 0.0934. The van der Waals surface area contributed by atoms with Gasteiger partial charge in [0.15, 0.2) is 4.80 Å². The number of carbonyl (C=O) groups is 1. The second-order valence-corrected chi connectivity index (χ2v) is 6.23. The number of terminal acetylenes is 1. The third-order valence-corrected chi connectivity index (χ3v) is 4.78. The second-order valence-electron chi connectivity index (χ2n) is 5.22. The smallest absolute Gasteiger partial charge is 0.287 e. The zero-order chi connectivity index (χ0) is 18.7. The first kappa shape index (κ1) is 17.7. The zero-order valence-corrected chi connectivity index (χ0v) is 15.0. The average Bonchev–Trinajstić information content (AvgIpc) is 2.99. The maximum atomic E-state index is 14.2. The van der Waals surface area contributed by atoms with E-state index < -0.39 is 11.7 Å². The maximum Gasteiger partial charge on any atom is 0.287 e. The lowest BCUT2D eigenvalue weighted by molar-refractivity contribution is 0.0992. The highest BCUT2D eigenvalue weighted by molar-refractivity contribution is 7.16. The van der Waals surface area contributed by atoms with Crippen LogP contribution in [0.1, 0.15) is 10.4 Å². The van der Waals surface area contributed by atoms with E-state index in [-0.39, 0.29) is 12.1 Å². The number of carbonyl (C=O) groups excluding carboxylic acids is 1. The van der Waals surface area contributed by atoms with E-state index in [1.54, 1.807) is 30.3 Å². The number of methoxy groups -OCH3 is 2. The molecule has 1 aromatic heterocycles. The van der Waals surface area contributed by atoms with Crippen LogP contribution in [0.15, 0.2) is 41.4 Å². The van der Waals surface area contributed by atoms with Crippen molar-refractivity contribution in [2.24, 2.45) is 4.99 Å². The van der Waals surface area contributed by atoms with Crippen molar-refractivity contribution in [1.82, 2.24) is 4.57 Å². The SMILES string of the molecule is C#CCn1c(=NC(=O)c2c(OC)cccc2OC)sc2cccc(F)c21. The van der Waals surface area contributed by atoms with Gasteiger partial charge in [-0.05, 0) is 24.3 Å². The van der Waals surface area contributed by atoms with Gasteiger partial charge in [-0.25, -0.2) is 4.39 Å². The van der Waals surface area contributed by atoms with E-state index in [1.807, 2.05) is 0 Å². The molecular formula is C19H15FN2O3S. The Hall–Kier alpha value is -3.11. The largest absolute Gasteiger partial charge is 0.496 e. The highest BCUT2D eigenvalue weighted by atomic mass is 32.1. The number of nitrogens with zero attached hydrogens (tertiary/aromatic N) is 2. The summed E-state index contributed by atoms with van der Waals surface area (Å²) in [6, 6.07) is 9.70. The topological polar surface area (TPSA) is 52.8 Å². The summed E-state index contributed by atoms with van der Waals surface area (Å²) >= 11 is 1.19. The lowest BCUT2D eigenvalue weighted by atomic mass is 10.1. The number of rotatable bonds is 4. The Balaban J connectivity index is 2.23. The number of hydrogen-bond donors (Lipinski definition) is 0. The van der Waals surface area contributed by atoms with Crippen LogP contribution in [0, 0.1) is 18.2 Å². The number of halogens is 1. The first-order valence-corrected chi connectivity index (χ1v) is 8.43. The highest BCUT2D eigenvalue weighted by Crippen LogP contribution is 2.29. The van der Waals surface area contributed by atoms with E-state index in [2.05, 4.69) is 10.9 Å². The molecule has 0 aliphatic carbocycles. The van der Waals surface area contributed by atoms with Crippen LogP contribution < -0.4 is 14.3 Å². The normalized spacial score (nSPS) is 11.4. The number of ether oxygens (including phenoxy) is 2. The van der Waals surface area contributed by atoms with Crippen LogP contribution in [0.2, 0.25) is 0 Å². The van der Waals surface area contributed by atoms with Gasteiger partial charge in [-0.1, -0.05) is 29.4 Å². The van der Waals surface area contributed by atoms with Gasteiger partial charge in [0.05, 0.1) is 31.0 Å². The Bertz CT molecular complexity index is 1070. The number of fused-ring (bicyclic) bond motifs is 1. The molecule has 0 atom stereocenters. The van der Waals surface area contributed by atoms with Gasteiger partial charge in [0, 0.05) is 0 Å². The van der Waals surface area contributed by atoms with E-state index in [1.165, 1.54) is 36.2 Å². The van der Waals surface area contributed by atoms with Crippen molar-refractivity contribution < 1.29 is 18.7 Å². The van der Waals surface area contributed by atoms with Crippen molar-refractivity contribution >= 4 is 27.5 Å². The molecule has 3 rings (SSSR count). The van der Waals surface area contributed by atoms with Crippen LogP contribution in [-0.4, -0.2) is 24.7 Å². The van der Waals surface area contributed by atoms with Crippen molar-refractivity contribution in [3.63, 3.8) is 0 Å². The fourth-order valence-electron chi connectivity index (χ4n) is 2.61. The van der Waals surface area contributed by atoms with Crippen LogP contribution in [0.4, 0.5) is 4.39 Å². The molecule has 0 aliphatic rings. The fraction of sp³-hybridized carbons (Fsp3) is 0.158. The van der Waals surface area contributed by atoms with Crippen molar-refractivity contribution in [1.29, 1.82) is 0 Å². The quantitative estimate of drug-likeness (QED) is 0.663. The number of thiazole rings is 1. The van der Waals surface area contributed by atoms with Gasteiger partial charge < -0.3 is 14.0 Å². The first-order valence-electron chi connectivity index (χ1n) is 7.62. The fourth-order valence-corrected chi connectivity index (χ4v) is 3.66. The first-order chi connectivity index (χ1) is 12.6. The van der Waals surface area contributed by atoms with Gasteiger partial charge in [-0.3, -0.25) is 4.79 Å². The molecule has 5 nitrogen and oxygen atoms in total. The molecule has 0 bridgehead atoms. The summed E-state index contributed by atoms with van der Waals surface area (Å²) in [4.78, 5) is 17.3. The van der Waals surface area contributed by atoms with Crippen LogP contribution in [0.25, 0.3) is 10.2 Å². The van der Waals surface area contributed by atoms with Gasteiger partial charge in [0.25, 0.3) is 5.91 Å². The summed E-state index contributed by atoms with van der Waals surface area (Å²) in [6.45, 7) is 0.0934. The summed E-state index contributed by atoms with van der Waals surface area (Å²) < 4.78 is 26.9. The number of aromatic nitrogens is 1. The second kappa shape index (κ2) is 7.42. The molecule has 2 aromatic carbocycles. The molecule has 3 aromatic rings. The minimum atomic E-state index is -0.558. The maximum absolute atomic E-state index is 14.2. The highest BCUT2D eigenvalue weighted by Gasteiger charge is 2.19. The predicted molar refractivity (Wildman–Crippen MR) is 98.0 cm³/mol. The molecule has 0 radical (unpaired) electrons. The third kappa shape index (κ3) is 3.07. The van der Waals surface area contributed by atoms with E-state index in [9.17, 15) is 9.18 Å². The monoisotopic (exact) mass is 370 g/mol. The lowest BCUT2D eigenvalue weighted by Crippen LogP contribution is -2.17. The molecule has 1 amide bonds. The van der Waals surface area contributed by atoms with E-state index in [4.69, 9.17) is 15.9 Å². The zero-order valence-electron chi connectivity index (χ0n) is 14.2. The molecular weight excluding hydrogens is 355 g/mol. The molecule has 132 valence electrons. The average molecular weight is 370 g/mol. The van der Waals surface area contributed by atoms with Crippen molar-refractivity contribution in [3.8, 4) is 23.8 Å². The van der Waals surface area contributed by atoms with E-state index in [0.717, 1.165) is 0 Å². The Morgan fingerprint density at radius 1 is 1.23 bits per heavy atom. The molecule has 0 N–H and O–H groups in total. The van der Waals surface area contributed by atoms with E-state index >= 15 is 0 Å². The van der Waals surface area contributed by atoms with Crippen LogP contribution >= 0.6 is 11.3 Å². The molecule has 0 saturated heterocycles. The summed E-state index contributed by atoms with van der Waals surface area (Å²) in [5.41, 5.74) is 0.525. The molecule has 0 aliphatic heterocycles. The summed E-state index contributed by atoms with van der Waals surface area (Å²) in [5, 5.41) is 0. The van der Waals surface area contributed by atoms with Crippen LogP contribution in [-0.2, 0) is 6.54 Å². The molecule has 0 fully saturated rings. The van der Waals surface area contributed by atoms with Crippen molar-refractivity contribution in [3.05, 3.63) is 52.6 Å². The lowest BCUT2D eigenvalue weighted by Gasteiger charge is -2.09. The van der Waals surface area contributed by atoms with E-state index in [0.29, 0.717) is 26.5 Å². The number of para-hydroxylation sites is 1. The Morgan fingerprint density at radius 3 is 2.50 bits per heavy atom. The minimum Gasteiger partial charge on any atom is -0.496 e. The molecule has 26 heavy (non-hydrogen) atoms. The standard InChI is InChI=1S/C19H15FN2O3S/c1-4-11-22-17-12(20)7-5-10-15(17)26-19(22)21-18(23)16-13(24-2)8-6-9-14(16)25-3/h1,5-10H,11H2,2-3H3. The van der Waals surface area contributed by atoms with Gasteiger partial charge in [0.2, 0.25) is 0 Å². The molecule has 0 unspecified atom stereocenters. The Labute approximate surface area is 153 Å². The Kier molecular flexibility index (Phi) is 5.05. The summed E-state index contributed by atoms with van der Waals surface area (Å²) in [5.74, 6) is 2.18.